The Morgan fingerprint density at radius 2 is 1.95 bits per heavy atom. The molecule has 2 heterocycles. The molecule has 1 aromatic rings. The minimum absolute atomic E-state index is 0.248. The number of benzene rings is 1. The maximum absolute atomic E-state index is 10.1. The molecular formula is C16H22O6. The zero-order valence-corrected chi connectivity index (χ0v) is 12.8. The van der Waals surface area contributed by atoms with Crippen molar-refractivity contribution in [2.45, 2.75) is 50.3 Å². The molecule has 4 atom stereocenters. The summed E-state index contributed by atoms with van der Waals surface area (Å²) in [6, 6.07) is 9.78. The molecule has 0 amide bonds. The van der Waals surface area contributed by atoms with Crippen molar-refractivity contribution in [3.8, 4) is 0 Å². The number of aliphatic hydroxyl groups excluding tert-OH is 2. The lowest BCUT2D eigenvalue weighted by Gasteiger charge is -2.27. The van der Waals surface area contributed by atoms with Gasteiger partial charge in [0, 0.05) is 0 Å². The van der Waals surface area contributed by atoms with E-state index < -0.39 is 29.9 Å². The summed E-state index contributed by atoms with van der Waals surface area (Å²) in [7, 11) is 0. The van der Waals surface area contributed by atoms with Crippen LogP contribution in [0.5, 0.6) is 0 Å². The molecule has 4 unspecified atom stereocenters. The Morgan fingerprint density at radius 1 is 1.23 bits per heavy atom. The fourth-order valence-corrected chi connectivity index (χ4v) is 3.07. The van der Waals surface area contributed by atoms with Crippen LogP contribution in [-0.2, 0) is 25.6 Å². The van der Waals surface area contributed by atoms with Crippen molar-refractivity contribution < 1.29 is 29.2 Å². The third-order valence-electron chi connectivity index (χ3n) is 4.03. The molecule has 0 bridgehead atoms. The smallest absolute Gasteiger partial charge is 0.189 e. The van der Waals surface area contributed by atoms with Gasteiger partial charge in [0.1, 0.15) is 12.2 Å². The van der Waals surface area contributed by atoms with Crippen molar-refractivity contribution in [3.05, 3.63) is 35.9 Å². The predicted molar refractivity (Wildman–Crippen MR) is 76.8 cm³/mol. The van der Waals surface area contributed by atoms with Crippen molar-refractivity contribution in [1.29, 1.82) is 0 Å². The maximum atomic E-state index is 10.1. The summed E-state index contributed by atoms with van der Waals surface area (Å²) in [5.41, 5.74) is -0.192. The Labute approximate surface area is 129 Å². The van der Waals surface area contributed by atoms with Crippen molar-refractivity contribution in [2.75, 3.05) is 13.2 Å². The van der Waals surface area contributed by atoms with Gasteiger partial charge in [-0.05, 0) is 19.4 Å². The molecule has 6 heteroatoms. The summed E-state index contributed by atoms with van der Waals surface area (Å²) in [6.07, 6.45) is -2.31. The molecule has 3 rings (SSSR count). The van der Waals surface area contributed by atoms with Gasteiger partial charge in [-0.1, -0.05) is 30.3 Å². The van der Waals surface area contributed by atoms with E-state index in [0.717, 1.165) is 5.56 Å². The van der Waals surface area contributed by atoms with Crippen LogP contribution in [0.2, 0.25) is 0 Å². The summed E-state index contributed by atoms with van der Waals surface area (Å²) in [4.78, 5) is 0. The van der Waals surface area contributed by atoms with Gasteiger partial charge in [0.15, 0.2) is 17.7 Å². The minimum Gasteiger partial charge on any atom is -0.393 e. The van der Waals surface area contributed by atoms with E-state index >= 15 is 0 Å². The van der Waals surface area contributed by atoms with Gasteiger partial charge in [-0.2, -0.15) is 0 Å². The van der Waals surface area contributed by atoms with Crippen LogP contribution in [-0.4, -0.2) is 53.3 Å². The number of hydrogen-bond donors (Lipinski definition) is 2. The molecular weight excluding hydrogens is 288 g/mol. The number of ether oxygens (including phenoxy) is 4. The highest BCUT2D eigenvalue weighted by Crippen LogP contribution is 2.45. The summed E-state index contributed by atoms with van der Waals surface area (Å²) >= 11 is 0. The average molecular weight is 310 g/mol. The molecule has 0 saturated carbocycles. The first-order valence-corrected chi connectivity index (χ1v) is 7.41. The van der Waals surface area contributed by atoms with Crippen LogP contribution in [0.3, 0.4) is 0 Å². The van der Waals surface area contributed by atoms with Crippen molar-refractivity contribution in [2.24, 2.45) is 0 Å². The van der Waals surface area contributed by atoms with Crippen LogP contribution in [0.1, 0.15) is 19.4 Å². The highest BCUT2D eigenvalue weighted by molar-refractivity contribution is 5.13. The van der Waals surface area contributed by atoms with Crippen LogP contribution in [0, 0.1) is 0 Å². The Bertz CT molecular complexity index is 505. The maximum Gasteiger partial charge on any atom is 0.189 e. The van der Waals surface area contributed by atoms with Gasteiger partial charge < -0.3 is 29.2 Å². The number of fused-ring (bicyclic) bond motifs is 1. The van der Waals surface area contributed by atoms with Crippen LogP contribution < -0.4 is 0 Å². The van der Waals surface area contributed by atoms with E-state index in [0.29, 0.717) is 6.61 Å². The Balaban J connectivity index is 1.63. The van der Waals surface area contributed by atoms with Gasteiger partial charge in [0.05, 0.1) is 19.8 Å². The van der Waals surface area contributed by atoms with E-state index in [1.54, 1.807) is 13.8 Å². The molecule has 0 radical (unpaired) electrons. The standard InChI is InChI=1S/C16H22O6/c1-15(2)21-13-12(20-14(18)16(13,10-17)22-15)9-19-8-11-6-4-3-5-7-11/h3-7,12-14,17-18H,8-10H2,1-2H3. The second kappa shape index (κ2) is 5.88. The summed E-state index contributed by atoms with van der Waals surface area (Å²) < 4.78 is 22.7. The van der Waals surface area contributed by atoms with E-state index in [1.807, 2.05) is 30.3 Å². The lowest BCUT2D eigenvalue weighted by Crippen LogP contribution is -2.50. The summed E-state index contributed by atoms with van der Waals surface area (Å²) in [5.74, 6) is -0.879. The normalized spacial score (nSPS) is 36.5. The Hall–Kier alpha value is -1.02. The monoisotopic (exact) mass is 310 g/mol. The highest BCUT2D eigenvalue weighted by Gasteiger charge is 2.65. The van der Waals surface area contributed by atoms with Crippen molar-refractivity contribution >= 4 is 0 Å². The van der Waals surface area contributed by atoms with Gasteiger partial charge in [0.2, 0.25) is 0 Å². The molecule has 6 nitrogen and oxygen atoms in total. The first-order valence-electron chi connectivity index (χ1n) is 7.41. The largest absolute Gasteiger partial charge is 0.393 e. The molecule has 122 valence electrons. The molecule has 2 aliphatic rings. The third kappa shape index (κ3) is 2.78. The molecule has 2 aliphatic heterocycles. The quantitative estimate of drug-likeness (QED) is 0.838. The molecule has 0 spiro atoms. The number of rotatable bonds is 5. The van der Waals surface area contributed by atoms with E-state index in [9.17, 15) is 10.2 Å². The average Bonchev–Trinajstić information content (AvgIpc) is 2.91. The molecule has 2 saturated heterocycles. The number of aliphatic hydroxyl groups is 2. The van der Waals surface area contributed by atoms with Gasteiger partial charge in [-0.15, -0.1) is 0 Å². The predicted octanol–water partition coefficient (Wildman–Crippen LogP) is 0.803. The van der Waals surface area contributed by atoms with Gasteiger partial charge in [-0.25, -0.2) is 0 Å². The first-order chi connectivity index (χ1) is 10.5. The van der Waals surface area contributed by atoms with Crippen LogP contribution >= 0.6 is 0 Å². The Morgan fingerprint density at radius 3 is 2.64 bits per heavy atom. The number of hydrogen-bond acceptors (Lipinski definition) is 6. The molecule has 1 aromatic carbocycles. The van der Waals surface area contributed by atoms with Gasteiger partial charge >= 0.3 is 0 Å². The minimum atomic E-state index is -1.25. The lowest BCUT2D eigenvalue weighted by molar-refractivity contribution is -0.255. The second-order valence-electron chi connectivity index (χ2n) is 6.18. The lowest BCUT2D eigenvalue weighted by atomic mass is 9.96. The molecule has 22 heavy (non-hydrogen) atoms. The zero-order valence-electron chi connectivity index (χ0n) is 12.8. The SMILES string of the molecule is CC1(C)OC2C(COCc3ccccc3)OC(O)C2(CO)O1. The third-order valence-corrected chi connectivity index (χ3v) is 4.03. The zero-order chi connectivity index (χ0) is 15.8. The fraction of sp³-hybridized carbons (Fsp3) is 0.625. The van der Waals surface area contributed by atoms with Gasteiger partial charge in [-0.3, -0.25) is 0 Å². The van der Waals surface area contributed by atoms with Crippen molar-refractivity contribution in [1.82, 2.24) is 0 Å². The second-order valence-corrected chi connectivity index (χ2v) is 6.18. The molecule has 2 fully saturated rings. The van der Waals surface area contributed by atoms with Crippen LogP contribution in [0.25, 0.3) is 0 Å². The molecule has 2 N–H and O–H groups in total. The van der Waals surface area contributed by atoms with Crippen LogP contribution in [0.15, 0.2) is 30.3 Å². The van der Waals surface area contributed by atoms with Crippen molar-refractivity contribution in [3.63, 3.8) is 0 Å². The van der Waals surface area contributed by atoms with E-state index in [2.05, 4.69) is 0 Å². The highest BCUT2D eigenvalue weighted by atomic mass is 16.8. The summed E-state index contributed by atoms with van der Waals surface area (Å²) in [5, 5.41) is 19.8. The van der Waals surface area contributed by atoms with E-state index in [1.165, 1.54) is 0 Å². The van der Waals surface area contributed by atoms with E-state index in [4.69, 9.17) is 18.9 Å². The molecule has 0 aromatic heterocycles. The van der Waals surface area contributed by atoms with Gasteiger partial charge in [0.25, 0.3) is 0 Å². The first kappa shape index (κ1) is 15.9. The topological polar surface area (TPSA) is 77.4 Å². The van der Waals surface area contributed by atoms with E-state index in [-0.39, 0.29) is 13.2 Å². The Kier molecular flexibility index (Phi) is 4.24. The summed E-state index contributed by atoms with van der Waals surface area (Å²) in [6.45, 7) is 3.81. The molecule has 0 aliphatic carbocycles. The fourth-order valence-electron chi connectivity index (χ4n) is 3.07. The van der Waals surface area contributed by atoms with Crippen LogP contribution in [0.4, 0.5) is 0 Å².